The van der Waals surface area contributed by atoms with Crippen LogP contribution >= 0.6 is 0 Å². The lowest BCUT2D eigenvalue weighted by molar-refractivity contribution is 0.0950. The number of fused-ring (bicyclic) bond motifs is 2. The van der Waals surface area contributed by atoms with Gasteiger partial charge in [-0.3, -0.25) is 9.10 Å². The highest BCUT2D eigenvalue weighted by atomic mass is 32.2. The molecule has 0 aliphatic carbocycles. The Labute approximate surface area is 193 Å². The van der Waals surface area contributed by atoms with Crippen molar-refractivity contribution in [1.29, 1.82) is 0 Å². The van der Waals surface area contributed by atoms with E-state index in [4.69, 9.17) is 9.47 Å². The minimum Gasteiger partial charge on any atom is -0.454 e. The van der Waals surface area contributed by atoms with Crippen LogP contribution in [0, 0.1) is 6.92 Å². The molecule has 0 aromatic heterocycles. The van der Waals surface area contributed by atoms with Crippen LogP contribution in [0.4, 0.5) is 5.69 Å². The first kappa shape index (κ1) is 21.3. The van der Waals surface area contributed by atoms with Gasteiger partial charge >= 0.3 is 0 Å². The first-order valence-corrected chi connectivity index (χ1v) is 12.2. The molecule has 170 valence electrons. The predicted molar refractivity (Wildman–Crippen MR) is 124 cm³/mol. The summed E-state index contributed by atoms with van der Waals surface area (Å²) in [7, 11) is -3.69. The average Bonchev–Trinajstić information content (AvgIpc) is 3.40. The molecule has 0 saturated carbocycles. The van der Waals surface area contributed by atoms with Gasteiger partial charge < -0.3 is 14.8 Å². The van der Waals surface area contributed by atoms with Crippen molar-refractivity contribution in [3.63, 3.8) is 0 Å². The van der Waals surface area contributed by atoms with Crippen LogP contribution in [0.1, 0.15) is 34.0 Å². The van der Waals surface area contributed by atoms with Crippen LogP contribution in [-0.4, -0.2) is 27.2 Å². The second kappa shape index (κ2) is 8.12. The van der Waals surface area contributed by atoms with Gasteiger partial charge in [0.05, 0.1) is 10.6 Å². The quantitative estimate of drug-likeness (QED) is 0.621. The summed E-state index contributed by atoms with van der Waals surface area (Å²) >= 11 is 0. The lowest BCUT2D eigenvalue weighted by Crippen LogP contribution is -2.35. The predicted octanol–water partition coefficient (Wildman–Crippen LogP) is 3.79. The van der Waals surface area contributed by atoms with Crippen molar-refractivity contribution in [2.24, 2.45) is 0 Å². The third-order valence-electron chi connectivity index (χ3n) is 5.96. The van der Waals surface area contributed by atoms with E-state index in [1.165, 1.54) is 4.31 Å². The van der Waals surface area contributed by atoms with E-state index in [9.17, 15) is 13.2 Å². The Morgan fingerprint density at radius 2 is 1.79 bits per heavy atom. The Morgan fingerprint density at radius 1 is 1.03 bits per heavy atom. The highest BCUT2D eigenvalue weighted by Crippen LogP contribution is 2.37. The van der Waals surface area contributed by atoms with Gasteiger partial charge in [-0.25, -0.2) is 8.42 Å². The average molecular weight is 465 g/mol. The number of amides is 1. The molecule has 3 aromatic carbocycles. The molecule has 8 heteroatoms. The molecule has 0 unspecified atom stereocenters. The second-order valence-corrected chi connectivity index (χ2v) is 10.2. The molecular weight excluding hydrogens is 440 g/mol. The summed E-state index contributed by atoms with van der Waals surface area (Å²) in [5, 5.41) is 2.91. The van der Waals surface area contributed by atoms with Gasteiger partial charge in [-0.05, 0) is 73.9 Å². The number of anilines is 1. The van der Waals surface area contributed by atoms with Crippen molar-refractivity contribution in [1.82, 2.24) is 5.32 Å². The first-order valence-electron chi connectivity index (χ1n) is 10.7. The van der Waals surface area contributed by atoms with Crippen LogP contribution in [0.2, 0.25) is 0 Å². The van der Waals surface area contributed by atoms with Gasteiger partial charge in [0, 0.05) is 18.2 Å². The number of hydrogen-bond donors (Lipinski definition) is 1. The molecule has 0 bridgehead atoms. The van der Waals surface area contributed by atoms with E-state index < -0.39 is 10.0 Å². The van der Waals surface area contributed by atoms with Crippen LogP contribution < -0.4 is 19.1 Å². The maximum absolute atomic E-state index is 13.3. The van der Waals surface area contributed by atoms with Gasteiger partial charge in [-0.2, -0.15) is 0 Å². The van der Waals surface area contributed by atoms with E-state index in [0.717, 1.165) is 16.7 Å². The van der Waals surface area contributed by atoms with Crippen molar-refractivity contribution in [2.75, 3.05) is 11.1 Å². The van der Waals surface area contributed by atoms with E-state index in [2.05, 4.69) is 5.32 Å². The Balaban J connectivity index is 1.34. The van der Waals surface area contributed by atoms with Crippen molar-refractivity contribution in [3.8, 4) is 11.5 Å². The number of sulfonamides is 1. The fourth-order valence-electron chi connectivity index (χ4n) is 4.27. The molecular formula is C25H24N2O5S. The molecule has 2 heterocycles. The lowest BCUT2D eigenvalue weighted by Gasteiger charge is -2.24. The molecule has 0 spiro atoms. The largest absolute Gasteiger partial charge is 0.454 e. The zero-order chi connectivity index (χ0) is 23.2. The van der Waals surface area contributed by atoms with E-state index in [-0.39, 0.29) is 23.6 Å². The molecule has 0 fully saturated rings. The molecule has 1 amide bonds. The Kier molecular flexibility index (Phi) is 5.25. The summed E-state index contributed by atoms with van der Waals surface area (Å²) in [4.78, 5) is 13.0. The molecule has 2 aliphatic heterocycles. The van der Waals surface area contributed by atoms with Gasteiger partial charge in [0.15, 0.2) is 11.5 Å². The highest BCUT2D eigenvalue weighted by molar-refractivity contribution is 7.92. The van der Waals surface area contributed by atoms with Gasteiger partial charge in [0.25, 0.3) is 15.9 Å². The fraction of sp³-hybridized carbons (Fsp3) is 0.240. The molecule has 1 N–H and O–H groups in total. The maximum Gasteiger partial charge on any atom is 0.264 e. The van der Waals surface area contributed by atoms with Crippen molar-refractivity contribution >= 4 is 21.6 Å². The van der Waals surface area contributed by atoms with Gasteiger partial charge in [0.1, 0.15) is 0 Å². The molecule has 1 atom stereocenters. The van der Waals surface area contributed by atoms with Crippen LogP contribution in [0.15, 0.2) is 65.6 Å². The van der Waals surface area contributed by atoms with Crippen molar-refractivity contribution in [3.05, 3.63) is 82.9 Å². The zero-order valence-electron chi connectivity index (χ0n) is 18.4. The smallest absolute Gasteiger partial charge is 0.264 e. The number of rotatable bonds is 5. The SMILES string of the molecule is Cc1ccc(S(=O)(=O)N2c3ccc(C(=O)NCc4ccc5c(c4)OCO5)cc3C[C@H]2C)cc1. The topological polar surface area (TPSA) is 84.9 Å². The standard InChI is InChI=1S/C25H24N2O5S/c1-16-3-7-21(8-4-16)33(29,30)27-17(2)11-20-13-19(6-9-22(20)27)25(28)26-14-18-5-10-23-24(12-18)32-15-31-23/h3-10,12-13,17H,11,14-15H2,1-2H3,(H,26,28)/t17-/m1/s1. The Bertz CT molecular complexity index is 1340. The number of nitrogens with zero attached hydrogens (tertiary/aromatic N) is 1. The number of carbonyl (C=O) groups is 1. The molecule has 5 rings (SSSR count). The van der Waals surface area contributed by atoms with E-state index in [1.54, 1.807) is 42.5 Å². The Morgan fingerprint density at radius 3 is 2.58 bits per heavy atom. The maximum atomic E-state index is 13.3. The second-order valence-electron chi connectivity index (χ2n) is 8.38. The van der Waals surface area contributed by atoms with Crippen LogP contribution in [0.3, 0.4) is 0 Å². The van der Waals surface area contributed by atoms with Gasteiger partial charge in [-0.1, -0.05) is 23.8 Å². The van der Waals surface area contributed by atoms with E-state index in [0.29, 0.717) is 35.7 Å². The summed E-state index contributed by atoms with van der Waals surface area (Å²) < 4.78 is 38.8. The molecule has 7 nitrogen and oxygen atoms in total. The lowest BCUT2D eigenvalue weighted by atomic mass is 10.1. The normalized spacial score (nSPS) is 16.5. The Hall–Kier alpha value is -3.52. The number of hydrogen-bond acceptors (Lipinski definition) is 5. The van der Waals surface area contributed by atoms with E-state index >= 15 is 0 Å². The van der Waals surface area contributed by atoms with E-state index in [1.807, 2.05) is 32.0 Å². The minimum atomic E-state index is -3.69. The number of benzene rings is 3. The van der Waals surface area contributed by atoms with Crippen molar-refractivity contribution in [2.45, 2.75) is 37.8 Å². The molecule has 33 heavy (non-hydrogen) atoms. The third-order valence-corrected chi connectivity index (χ3v) is 7.90. The first-order chi connectivity index (χ1) is 15.8. The molecule has 0 radical (unpaired) electrons. The van der Waals surface area contributed by atoms with Gasteiger partial charge in [-0.15, -0.1) is 0 Å². The van der Waals surface area contributed by atoms with Crippen molar-refractivity contribution < 1.29 is 22.7 Å². The summed E-state index contributed by atoms with van der Waals surface area (Å²) in [6.07, 6.45) is 0.545. The summed E-state index contributed by atoms with van der Waals surface area (Å²) in [5.74, 6) is 1.15. The monoisotopic (exact) mass is 464 g/mol. The zero-order valence-corrected chi connectivity index (χ0v) is 19.2. The van der Waals surface area contributed by atoms with Crippen LogP contribution in [-0.2, 0) is 23.0 Å². The van der Waals surface area contributed by atoms with Crippen LogP contribution in [0.25, 0.3) is 0 Å². The number of aryl methyl sites for hydroxylation is 1. The number of ether oxygens (including phenoxy) is 2. The summed E-state index contributed by atoms with van der Waals surface area (Å²) in [6.45, 7) is 4.35. The number of nitrogens with one attached hydrogen (secondary N) is 1. The minimum absolute atomic E-state index is 0.204. The third kappa shape index (κ3) is 3.91. The summed E-state index contributed by atoms with van der Waals surface area (Å²) in [5.41, 5.74) is 3.86. The van der Waals surface area contributed by atoms with Crippen LogP contribution in [0.5, 0.6) is 11.5 Å². The fourth-order valence-corrected chi connectivity index (χ4v) is 5.96. The molecule has 0 saturated heterocycles. The van der Waals surface area contributed by atoms with Gasteiger partial charge in [0.2, 0.25) is 6.79 Å². The summed E-state index contributed by atoms with van der Waals surface area (Å²) in [6, 6.07) is 17.3. The molecule has 2 aliphatic rings. The highest BCUT2D eigenvalue weighted by Gasteiger charge is 2.36. The molecule has 3 aromatic rings. The number of carbonyl (C=O) groups excluding carboxylic acids is 1.